The van der Waals surface area contributed by atoms with Crippen LogP contribution < -0.4 is 11.5 Å². The fraction of sp³-hybridized carbons (Fsp3) is 0.111. The molecule has 1 aromatic rings. The minimum Gasteiger partial charge on any atom is -0.386 e. The summed E-state index contributed by atoms with van der Waals surface area (Å²) in [4.78, 5) is 14.8. The fourth-order valence-corrected chi connectivity index (χ4v) is 1.16. The molecule has 0 aliphatic heterocycles. The maximum absolute atomic E-state index is 10.9. The smallest absolute Gasteiger partial charge is 0.248 e. The Balaban J connectivity index is 3.17. The van der Waals surface area contributed by atoms with Crippen LogP contribution in [0.4, 0.5) is 5.69 Å². The first-order valence-electron chi connectivity index (χ1n) is 4.03. The number of amides is 1. The van der Waals surface area contributed by atoms with E-state index in [9.17, 15) is 4.79 Å². The summed E-state index contributed by atoms with van der Waals surface area (Å²) in [7, 11) is 0. The highest BCUT2D eigenvalue weighted by Gasteiger charge is 2.05. The van der Waals surface area contributed by atoms with Gasteiger partial charge in [-0.3, -0.25) is 4.79 Å². The minimum atomic E-state index is -0.549. The Morgan fingerprint density at radius 2 is 2.07 bits per heavy atom. The molecule has 0 heterocycles. The Labute approximate surface area is 96.9 Å². The average molecular weight is 246 g/mol. The number of carbonyl (C=O) groups excluding carboxylic acids is 1. The molecule has 4 nitrogen and oxygen atoms in total. The maximum atomic E-state index is 10.9. The van der Waals surface area contributed by atoms with Gasteiger partial charge in [-0.1, -0.05) is 11.6 Å². The molecule has 80 valence electrons. The number of rotatable bonds is 3. The summed E-state index contributed by atoms with van der Waals surface area (Å²) < 4.78 is 0. The molecule has 0 aliphatic carbocycles. The zero-order chi connectivity index (χ0) is 11.4. The van der Waals surface area contributed by atoms with Crippen LogP contribution in [0, 0.1) is 0 Å². The predicted molar refractivity (Wildman–Crippen MR) is 62.0 cm³/mol. The van der Waals surface area contributed by atoms with E-state index in [1.54, 1.807) is 0 Å². The molecular formula is C9H9Cl2N3O. The van der Waals surface area contributed by atoms with Crippen molar-refractivity contribution >= 4 is 40.6 Å². The van der Waals surface area contributed by atoms with Crippen molar-refractivity contribution in [1.29, 1.82) is 0 Å². The second-order valence-electron chi connectivity index (χ2n) is 2.77. The third-order valence-electron chi connectivity index (χ3n) is 1.63. The van der Waals surface area contributed by atoms with Crippen LogP contribution in [0.3, 0.4) is 0 Å². The van der Waals surface area contributed by atoms with Crippen molar-refractivity contribution in [2.75, 3.05) is 5.88 Å². The lowest BCUT2D eigenvalue weighted by atomic mass is 10.2. The van der Waals surface area contributed by atoms with Gasteiger partial charge in [0.15, 0.2) is 0 Å². The molecule has 0 radical (unpaired) electrons. The lowest BCUT2D eigenvalue weighted by Crippen LogP contribution is -2.13. The van der Waals surface area contributed by atoms with E-state index in [1.165, 1.54) is 18.2 Å². The van der Waals surface area contributed by atoms with E-state index in [4.69, 9.17) is 34.7 Å². The monoisotopic (exact) mass is 245 g/mol. The van der Waals surface area contributed by atoms with Gasteiger partial charge in [-0.25, -0.2) is 4.99 Å². The van der Waals surface area contributed by atoms with Crippen molar-refractivity contribution in [1.82, 2.24) is 0 Å². The van der Waals surface area contributed by atoms with E-state index in [1.807, 2.05) is 0 Å². The Morgan fingerprint density at radius 1 is 1.40 bits per heavy atom. The molecule has 0 saturated heterocycles. The zero-order valence-corrected chi connectivity index (χ0v) is 9.22. The lowest BCUT2D eigenvalue weighted by Gasteiger charge is -2.01. The summed E-state index contributed by atoms with van der Waals surface area (Å²) in [6, 6.07) is 4.51. The highest BCUT2D eigenvalue weighted by Crippen LogP contribution is 2.25. The molecule has 4 N–H and O–H groups in total. The molecule has 0 bridgehead atoms. The third-order valence-corrected chi connectivity index (χ3v) is 2.23. The normalized spacial score (nSPS) is 11.5. The standard InChI is InChI=1S/C9H9Cl2N3O/c10-4-8(12)14-7-3-5(9(13)15)1-2-6(7)11/h1-3H,4H2,(H2,12,14)(H2,13,15). The molecular weight excluding hydrogens is 237 g/mol. The Kier molecular flexibility index (Phi) is 3.94. The highest BCUT2D eigenvalue weighted by molar-refractivity contribution is 6.33. The van der Waals surface area contributed by atoms with E-state index in [0.29, 0.717) is 16.3 Å². The van der Waals surface area contributed by atoms with Crippen LogP contribution in [0.1, 0.15) is 10.4 Å². The van der Waals surface area contributed by atoms with E-state index in [-0.39, 0.29) is 11.7 Å². The molecule has 0 spiro atoms. The molecule has 0 fully saturated rings. The van der Waals surface area contributed by atoms with E-state index in [2.05, 4.69) is 4.99 Å². The summed E-state index contributed by atoms with van der Waals surface area (Å²) in [5, 5.41) is 0.382. The largest absolute Gasteiger partial charge is 0.386 e. The topological polar surface area (TPSA) is 81.5 Å². The molecule has 1 aromatic carbocycles. The number of aliphatic imine (C=N–C) groups is 1. The van der Waals surface area contributed by atoms with E-state index in [0.717, 1.165) is 0 Å². The van der Waals surface area contributed by atoms with Crippen LogP contribution in [0.25, 0.3) is 0 Å². The van der Waals surface area contributed by atoms with Gasteiger partial charge in [-0.05, 0) is 18.2 Å². The van der Waals surface area contributed by atoms with Gasteiger partial charge < -0.3 is 11.5 Å². The van der Waals surface area contributed by atoms with Crippen molar-refractivity contribution in [3.05, 3.63) is 28.8 Å². The van der Waals surface area contributed by atoms with E-state index < -0.39 is 5.91 Å². The van der Waals surface area contributed by atoms with Gasteiger partial charge in [0.1, 0.15) is 5.84 Å². The van der Waals surface area contributed by atoms with Gasteiger partial charge in [0, 0.05) is 5.56 Å². The Morgan fingerprint density at radius 3 is 2.60 bits per heavy atom. The second-order valence-corrected chi connectivity index (χ2v) is 3.44. The highest BCUT2D eigenvalue weighted by atomic mass is 35.5. The number of hydrogen-bond donors (Lipinski definition) is 2. The van der Waals surface area contributed by atoms with Crippen molar-refractivity contribution < 1.29 is 4.79 Å². The number of primary amides is 1. The third kappa shape index (κ3) is 3.11. The van der Waals surface area contributed by atoms with Gasteiger partial charge >= 0.3 is 0 Å². The predicted octanol–water partition coefficient (Wildman–Crippen LogP) is 1.67. The number of amidine groups is 1. The summed E-state index contributed by atoms with van der Waals surface area (Å²) in [5.41, 5.74) is 11.3. The van der Waals surface area contributed by atoms with Gasteiger partial charge in [0.25, 0.3) is 0 Å². The molecule has 6 heteroatoms. The lowest BCUT2D eigenvalue weighted by molar-refractivity contribution is 0.100. The van der Waals surface area contributed by atoms with E-state index >= 15 is 0 Å². The number of benzene rings is 1. The van der Waals surface area contributed by atoms with Gasteiger partial charge in [0.2, 0.25) is 5.91 Å². The quantitative estimate of drug-likeness (QED) is 0.483. The average Bonchev–Trinajstić information content (AvgIpc) is 2.20. The zero-order valence-electron chi connectivity index (χ0n) is 7.71. The van der Waals surface area contributed by atoms with Crippen LogP contribution in [0.5, 0.6) is 0 Å². The van der Waals surface area contributed by atoms with Gasteiger partial charge in [-0.15, -0.1) is 11.6 Å². The van der Waals surface area contributed by atoms with Crippen LogP contribution in [0.2, 0.25) is 5.02 Å². The molecule has 0 atom stereocenters. The number of alkyl halides is 1. The fourth-order valence-electron chi connectivity index (χ4n) is 0.936. The number of nitrogens with zero attached hydrogens (tertiary/aromatic N) is 1. The number of hydrogen-bond acceptors (Lipinski definition) is 2. The number of carbonyl (C=O) groups is 1. The molecule has 0 aliphatic rings. The maximum Gasteiger partial charge on any atom is 0.248 e. The Bertz CT molecular complexity index is 418. The van der Waals surface area contributed by atoms with Crippen LogP contribution >= 0.6 is 23.2 Å². The first-order valence-corrected chi connectivity index (χ1v) is 4.94. The summed E-state index contributed by atoms with van der Waals surface area (Å²) in [6.45, 7) is 0. The number of nitrogens with two attached hydrogens (primary N) is 2. The Hall–Kier alpha value is -1.26. The summed E-state index contributed by atoms with van der Waals surface area (Å²) in [5.74, 6) is -0.232. The van der Waals surface area contributed by atoms with Crippen LogP contribution in [-0.2, 0) is 0 Å². The first kappa shape index (κ1) is 11.8. The summed E-state index contributed by atoms with van der Waals surface area (Å²) >= 11 is 11.3. The van der Waals surface area contributed by atoms with Crippen molar-refractivity contribution in [3.8, 4) is 0 Å². The molecule has 15 heavy (non-hydrogen) atoms. The van der Waals surface area contributed by atoms with Gasteiger partial charge in [-0.2, -0.15) is 0 Å². The molecule has 0 saturated carbocycles. The van der Waals surface area contributed by atoms with Crippen LogP contribution in [0.15, 0.2) is 23.2 Å². The molecule has 1 amide bonds. The SMILES string of the molecule is NC(=O)c1ccc(Cl)c(N=C(N)CCl)c1. The summed E-state index contributed by atoms with van der Waals surface area (Å²) in [6.07, 6.45) is 0. The van der Waals surface area contributed by atoms with Crippen molar-refractivity contribution in [2.45, 2.75) is 0 Å². The minimum absolute atomic E-state index is 0.0944. The van der Waals surface area contributed by atoms with Crippen LogP contribution in [-0.4, -0.2) is 17.6 Å². The van der Waals surface area contributed by atoms with Crippen molar-refractivity contribution in [3.63, 3.8) is 0 Å². The molecule has 1 rings (SSSR count). The first-order chi connectivity index (χ1) is 7.04. The molecule has 0 unspecified atom stereocenters. The number of halogens is 2. The van der Waals surface area contributed by atoms with Gasteiger partial charge in [0.05, 0.1) is 16.6 Å². The second kappa shape index (κ2) is 5.00. The molecule has 0 aromatic heterocycles. The van der Waals surface area contributed by atoms with Crippen molar-refractivity contribution in [2.24, 2.45) is 16.5 Å².